The highest BCUT2D eigenvalue weighted by Crippen LogP contribution is 1.98. The third-order valence-electron chi connectivity index (χ3n) is 1.99. The van der Waals surface area contributed by atoms with Gasteiger partial charge in [-0.3, -0.25) is 4.90 Å². The minimum Gasteiger partial charge on any atom is -0.379 e. The number of ether oxygens (including phenoxy) is 1. The fraction of sp³-hybridized carbons (Fsp3) is 1.00. The molecule has 1 fully saturated rings. The molecule has 0 aromatic heterocycles. The molecular weight excluding hydrogens is 168 g/mol. The Morgan fingerprint density at radius 2 is 1.85 bits per heavy atom. The van der Waals surface area contributed by atoms with Gasteiger partial charge in [0.15, 0.2) is 0 Å². The lowest BCUT2D eigenvalue weighted by Gasteiger charge is -2.28. The average molecular weight is 189 g/mol. The van der Waals surface area contributed by atoms with Crippen LogP contribution in [0.3, 0.4) is 0 Å². The summed E-state index contributed by atoms with van der Waals surface area (Å²) in [7, 11) is 6.08. The van der Waals surface area contributed by atoms with Crippen LogP contribution in [-0.2, 0) is 9.57 Å². The lowest BCUT2D eigenvalue weighted by molar-refractivity contribution is -1.06. The molecule has 4 heteroatoms. The van der Waals surface area contributed by atoms with Crippen LogP contribution in [0.1, 0.15) is 0 Å². The van der Waals surface area contributed by atoms with Crippen LogP contribution in [0, 0.1) is 0 Å². The molecule has 1 rings (SSSR count). The Bertz CT molecular complexity index is 139. The Hall–Kier alpha value is -0.160. The third kappa shape index (κ3) is 5.21. The molecule has 4 nitrogen and oxygen atoms in total. The number of rotatable bonds is 4. The molecule has 1 heterocycles. The van der Waals surface area contributed by atoms with E-state index in [1.165, 1.54) is 0 Å². The van der Waals surface area contributed by atoms with Crippen LogP contribution < -0.4 is 0 Å². The lowest BCUT2D eigenvalue weighted by Crippen LogP contribution is -2.41. The Morgan fingerprint density at radius 3 is 2.38 bits per heavy atom. The van der Waals surface area contributed by atoms with E-state index in [1.807, 2.05) is 21.1 Å². The highest BCUT2D eigenvalue weighted by molar-refractivity contribution is 4.60. The van der Waals surface area contributed by atoms with E-state index in [0.29, 0.717) is 4.65 Å². The van der Waals surface area contributed by atoms with Crippen molar-refractivity contribution in [3.8, 4) is 0 Å². The number of hydrogen-bond acceptors (Lipinski definition) is 3. The van der Waals surface area contributed by atoms with Gasteiger partial charge in [0.1, 0.15) is 6.61 Å². The van der Waals surface area contributed by atoms with Gasteiger partial charge in [-0.2, -0.15) is 4.65 Å². The summed E-state index contributed by atoms with van der Waals surface area (Å²) in [4.78, 5) is 7.96. The summed E-state index contributed by atoms with van der Waals surface area (Å²) in [5.41, 5.74) is 0. The van der Waals surface area contributed by atoms with Crippen molar-refractivity contribution in [3.05, 3.63) is 0 Å². The van der Waals surface area contributed by atoms with Gasteiger partial charge in [0.05, 0.1) is 34.4 Å². The highest BCUT2D eigenvalue weighted by Gasteiger charge is 2.12. The number of nitrogens with zero attached hydrogens (tertiary/aromatic N) is 2. The van der Waals surface area contributed by atoms with E-state index in [-0.39, 0.29) is 0 Å². The Morgan fingerprint density at radius 1 is 1.23 bits per heavy atom. The van der Waals surface area contributed by atoms with Gasteiger partial charge in [-0.15, -0.1) is 0 Å². The van der Waals surface area contributed by atoms with Crippen LogP contribution in [0.25, 0.3) is 0 Å². The largest absolute Gasteiger partial charge is 0.379 e. The summed E-state index contributed by atoms with van der Waals surface area (Å²) < 4.78 is 5.83. The molecule has 0 aromatic rings. The molecule has 0 N–H and O–H groups in total. The number of hydrogen-bond donors (Lipinski definition) is 0. The monoisotopic (exact) mass is 189 g/mol. The van der Waals surface area contributed by atoms with E-state index in [0.717, 1.165) is 39.5 Å². The van der Waals surface area contributed by atoms with E-state index in [4.69, 9.17) is 9.57 Å². The standard InChI is InChI=1S/C9H21N2O2/c1-11(2,3)13-9-6-10-4-7-12-8-5-10/h4-9H2,1-3H3/q+1. The summed E-state index contributed by atoms with van der Waals surface area (Å²) in [5, 5.41) is 0. The third-order valence-corrected chi connectivity index (χ3v) is 1.99. The molecule has 0 radical (unpaired) electrons. The fourth-order valence-electron chi connectivity index (χ4n) is 1.27. The molecule has 1 aliphatic heterocycles. The summed E-state index contributed by atoms with van der Waals surface area (Å²) in [5.74, 6) is 0. The lowest BCUT2D eigenvalue weighted by atomic mass is 10.4. The van der Waals surface area contributed by atoms with Gasteiger partial charge < -0.3 is 4.74 Å². The van der Waals surface area contributed by atoms with Crippen molar-refractivity contribution < 1.29 is 14.2 Å². The summed E-state index contributed by atoms with van der Waals surface area (Å²) in [6.07, 6.45) is 0. The molecule has 0 saturated carbocycles. The van der Waals surface area contributed by atoms with E-state index in [1.54, 1.807) is 0 Å². The Balaban J connectivity index is 2.04. The SMILES string of the molecule is C[N+](C)(C)OCCN1CCOCC1. The van der Waals surface area contributed by atoms with Crippen molar-refractivity contribution >= 4 is 0 Å². The molecule has 0 aliphatic carbocycles. The van der Waals surface area contributed by atoms with E-state index in [2.05, 4.69) is 4.90 Å². The zero-order valence-corrected chi connectivity index (χ0v) is 8.95. The first-order valence-electron chi connectivity index (χ1n) is 4.84. The van der Waals surface area contributed by atoms with Crippen molar-refractivity contribution in [1.29, 1.82) is 0 Å². The smallest absolute Gasteiger partial charge is 0.119 e. The van der Waals surface area contributed by atoms with Crippen molar-refractivity contribution in [2.75, 3.05) is 60.6 Å². The second-order valence-electron chi connectivity index (χ2n) is 4.18. The van der Waals surface area contributed by atoms with Gasteiger partial charge in [-0.25, -0.2) is 4.84 Å². The van der Waals surface area contributed by atoms with E-state index >= 15 is 0 Å². The molecule has 0 bridgehead atoms. The van der Waals surface area contributed by atoms with Gasteiger partial charge in [0, 0.05) is 19.6 Å². The minimum atomic E-state index is 0.574. The maximum Gasteiger partial charge on any atom is 0.119 e. The second-order valence-corrected chi connectivity index (χ2v) is 4.18. The zero-order valence-electron chi connectivity index (χ0n) is 8.95. The van der Waals surface area contributed by atoms with Crippen molar-refractivity contribution in [1.82, 2.24) is 4.90 Å². The molecule has 13 heavy (non-hydrogen) atoms. The predicted molar refractivity (Wildman–Crippen MR) is 51.2 cm³/mol. The van der Waals surface area contributed by atoms with Gasteiger partial charge in [-0.1, -0.05) is 0 Å². The van der Waals surface area contributed by atoms with Crippen molar-refractivity contribution in [2.24, 2.45) is 0 Å². The Kier molecular flexibility index (Phi) is 4.12. The van der Waals surface area contributed by atoms with Crippen LogP contribution in [0.5, 0.6) is 0 Å². The molecule has 0 amide bonds. The molecule has 0 atom stereocenters. The van der Waals surface area contributed by atoms with Crippen LogP contribution in [0.2, 0.25) is 0 Å². The first kappa shape index (κ1) is 10.9. The molecule has 0 aromatic carbocycles. The van der Waals surface area contributed by atoms with Crippen molar-refractivity contribution in [2.45, 2.75) is 0 Å². The summed E-state index contributed by atoms with van der Waals surface area (Å²) in [6.45, 7) is 5.62. The maximum absolute atomic E-state index is 5.59. The molecule has 0 unspecified atom stereocenters. The quantitative estimate of drug-likeness (QED) is 0.457. The molecule has 1 saturated heterocycles. The average Bonchev–Trinajstić information content (AvgIpc) is 2.04. The van der Waals surface area contributed by atoms with Gasteiger partial charge in [0.25, 0.3) is 0 Å². The van der Waals surface area contributed by atoms with Crippen LogP contribution in [0.4, 0.5) is 0 Å². The number of quaternary nitrogens is 1. The molecular formula is C9H21N2O2+. The number of morpholine rings is 1. The van der Waals surface area contributed by atoms with Crippen molar-refractivity contribution in [3.63, 3.8) is 0 Å². The minimum absolute atomic E-state index is 0.574. The van der Waals surface area contributed by atoms with Crippen LogP contribution in [0.15, 0.2) is 0 Å². The van der Waals surface area contributed by atoms with Crippen LogP contribution >= 0.6 is 0 Å². The molecule has 0 spiro atoms. The normalized spacial score (nSPS) is 20.5. The fourth-order valence-corrected chi connectivity index (χ4v) is 1.27. The zero-order chi connectivity index (χ0) is 9.73. The summed E-state index contributed by atoms with van der Waals surface area (Å²) >= 11 is 0. The first-order chi connectivity index (χ1) is 6.08. The topological polar surface area (TPSA) is 21.7 Å². The van der Waals surface area contributed by atoms with Crippen LogP contribution in [-0.4, -0.2) is 70.1 Å². The molecule has 1 aliphatic rings. The second kappa shape index (κ2) is 4.91. The molecule has 78 valence electrons. The highest BCUT2D eigenvalue weighted by atomic mass is 16.7. The first-order valence-corrected chi connectivity index (χ1v) is 4.84. The number of hydroxylamine groups is 3. The van der Waals surface area contributed by atoms with Gasteiger partial charge in [-0.05, 0) is 0 Å². The summed E-state index contributed by atoms with van der Waals surface area (Å²) in [6, 6.07) is 0. The van der Waals surface area contributed by atoms with Gasteiger partial charge in [0.2, 0.25) is 0 Å². The van der Waals surface area contributed by atoms with Gasteiger partial charge >= 0.3 is 0 Å². The Labute approximate surface area is 80.6 Å². The van der Waals surface area contributed by atoms with E-state index < -0.39 is 0 Å². The maximum atomic E-state index is 5.59. The van der Waals surface area contributed by atoms with E-state index in [9.17, 15) is 0 Å². The predicted octanol–water partition coefficient (Wildman–Crippen LogP) is -0.0436.